The normalized spacial score (nSPS) is 53.5. The van der Waals surface area contributed by atoms with E-state index in [1.165, 1.54) is 19.3 Å². The second-order valence-corrected chi connectivity index (χ2v) is 5.22. The lowest BCUT2D eigenvalue weighted by Gasteiger charge is -2.37. The molecule has 2 N–H and O–H groups in total. The van der Waals surface area contributed by atoms with Gasteiger partial charge in [-0.3, -0.25) is 0 Å². The minimum Gasteiger partial charge on any atom is -0.327 e. The van der Waals surface area contributed by atoms with Crippen molar-refractivity contribution in [2.75, 3.05) is 0 Å². The van der Waals surface area contributed by atoms with Crippen molar-refractivity contribution in [2.24, 2.45) is 22.5 Å². The first-order valence-electron chi connectivity index (χ1n) is 4.74. The molecule has 2 fully saturated rings. The highest BCUT2D eigenvalue weighted by Gasteiger charge is 2.59. The van der Waals surface area contributed by atoms with Gasteiger partial charge in [-0.2, -0.15) is 0 Å². The van der Waals surface area contributed by atoms with E-state index in [-0.39, 0.29) is 0 Å². The molecule has 11 heavy (non-hydrogen) atoms. The monoisotopic (exact) mass is 153 g/mol. The van der Waals surface area contributed by atoms with Gasteiger partial charge >= 0.3 is 0 Å². The Morgan fingerprint density at radius 1 is 1.27 bits per heavy atom. The zero-order valence-electron chi connectivity index (χ0n) is 7.85. The van der Waals surface area contributed by atoms with Crippen LogP contribution in [0.15, 0.2) is 0 Å². The van der Waals surface area contributed by atoms with Crippen LogP contribution in [-0.2, 0) is 0 Å². The summed E-state index contributed by atoms with van der Waals surface area (Å²) in [4.78, 5) is 0. The topological polar surface area (TPSA) is 26.0 Å². The van der Waals surface area contributed by atoms with Gasteiger partial charge in [-0.25, -0.2) is 0 Å². The first-order valence-corrected chi connectivity index (χ1v) is 4.74. The highest BCUT2D eigenvalue weighted by Crippen LogP contribution is 2.64. The fourth-order valence-electron chi connectivity index (χ4n) is 3.27. The van der Waals surface area contributed by atoms with Gasteiger partial charge in [0.05, 0.1) is 0 Å². The summed E-state index contributed by atoms with van der Waals surface area (Å²) < 4.78 is 0. The number of hydrogen-bond acceptors (Lipinski definition) is 1. The fraction of sp³-hybridized carbons (Fsp3) is 1.00. The summed E-state index contributed by atoms with van der Waals surface area (Å²) in [6.07, 6.45) is 4.03. The maximum Gasteiger partial charge on any atom is 0.0101 e. The number of hydrogen-bond donors (Lipinski definition) is 1. The highest BCUT2D eigenvalue weighted by molar-refractivity contribution is 5.11. The van der Waals surface area contributed by atoms with Crippen LogP contribution in [0.3, 0.4) is 0 Å². The first-order chi connectivity index (χ1) is 4.98. The Morgan fingerprint density at radius 3 is 2.09 bits per heavy atom. The molecule has 2 bridgehead atoms. The zero-order valence-corrected chi connectivity index (χ0v) is 7.85. The number of rotatable bonds is 0. The Morgan fingerprint density at radius 2 is 1.91 bits per heavy atom. The fourth-order valence-corrected chi connectivity index (χ4v) is 3.27. The third kappa shape index (κ3) is 0.658. The Kier molecular flexibility index (Phi) is 1.26. The van der Waals surface area contributed by atoms with Gasteiger partial charge in [0.15, 0.2) is 0 Å². The minimum absolute atomic E-state index is 0.442. The molecule has 2 aliphatic rings. The molecule has 0 heterocycles. The van der Waals surface area contributed by atoms with Crippen LogP contribution in [0.1, 0.15) is 40.0 Å². The van der Waals surface area contributed by atoms with Crippen molar-refractivity contribution < 1.29 is 0 Å². The van der Waals surface area contributed by atoms with Gasteiger partial charge in [-0.05, 0) is 36.0 Å². The van der Waals surface area contributed by atoms with Crippen LogP contribution in [0.25, 0.3) is 0 Å². The van der Waals surface area contributed by atoms with E-state index in [2.05, 4.69) is 20.8 Å². The van der Waals surface area contributed by atoms with E-state index in [1.807, 2.05) is 0 Å². The zero-order chi connectivity index (χ0) is 8.28. The summed E-state index contributed by atoms with van der Waals surface area (Å²) in [5.74, 6) is 0.905. The molecule has 1 nitrogen and oxygen atoms in total. The van der Waals surface area contributed by atoms with Gasteiger partial charge in [0.1, 0.15) is 0 Å². The number of nitrogens with two attached hydrogens (primary N) is 1. The predicted octanol–water partition coefficient (Wildman–Crippen LogP) is 2.16. The molecule has 0 spiro atoms. The summed E-state index contributed by atoms with van der Waals surface area (Å²) in [6, 6.07) is 0.469. The average Bonchev–Trinajstić information content (AvgIpc) is 2.20. The van der Waals surface area contributed by atoms with Crippen molar-refractivity contribution in [3.63, 3.8) is 0 Å². The Balaban J connectivity index is 2.40. The van der Waals surface area contributed by atoms with E-state index in [4.69, 9.17) is 5.73 Å². The molecular weight excluding hydrogens is 134 g/mol. The molecule has 0 saturated heterocycles. The van der Waals surface area contributed by atoms with Crippen molar-refractivity contribution in [1.82, 2.24) is 0 Å². The molecule has 2 saturated carbocycles. The molecule has 2 aliphatic carbocycles. The Labute approximate surface area is 69.4 Å². The van der Waals surface area contributed by atoms with Crippen molar-refractivity contribution >= 4 is 0 Å². The van der Waals surface area contributed by atoms with E-state index in [9.17, 15) is 0 Å². The van der Waals surface area contributed by atoms with Crippen molar-refractivity contribution in [2.45, 2.75) is 46.1 Å². The molecule has 1 heteroatoms. The van der Waals surface area contributed by atoms with Gasteiger partial charge in [0, 0.05) is 6.04 Å². The Hall–Kier alpha value is -0.0400. The molecular formula is C10H19N. The molecule has 0 aromatic rings. The van der Waals surface area contributed by atoms with Crippen molar-refractivity contribution in [1.29, 1.82) is 0 Å². The third-order valence-electron chi connectivity index (χ3n) is 4.86. The first kappa shape index (κ1) is 7.60. The molecule has 0 aromatic heterocycles. The van der Waals surface area contributed by atoms with Crippen LogP contribution >= 0.6 is 0 Å². The number of fused-ring (bicyclic) bond motifs is 2. The lowest BCUT2D eigenvalue weighted by Crippen LogP contribution is -2.40. The summed E-state index contributed by atoms with van der Waals surface area (Å²) >= 11 is 0. The van der Waals surface area contributed by atoms with Crippen LogP contribution in [-0.4, -0.2) is 6.04 Å². The Bertz CT molecular complexity index is 185. The average molecular weight is 153 g/mol. The van der Waals surface area contributed by atoms with Gasteiger partial charge in [0.2, 0.25) is 0 Å². The second-order valence-electron chi connectivity index (χ2n) is 5.22. The molecule has 0 radical (unpaired) electrons. The summed E-state index contributed by atoms with van der Waals surface area (Å²) in [7, 11) is 0. The molecule has 2 rings (SSSR count). The largest absolute Gasteiger partial charge is 0.327 e. The molecule has 0 aromatic carbocycles. The van der Waals surface area contributed by atoms with Crippen molar-refractivity contribution in [3.8, 4) is 0 Å². The minimum atomic E-state index is 0.442. The van der Waals surface area contributed by atoms with Crippen LogP contribution < -0.4 is 5.73 Å². The van der Waals surface area contributed by atoms with E-state index >= 15 is 0 Å². The summed E-state index contributed by atoms with van der Waals surface area (Å²) in [5, 5.41) is 0. The lowest BCUT2D eigenvalue weighted by molar-refractivity contribution is 0.136. The third-order valence-corrected chi connectivity index (χ3v) is 4.86. The molecule has 1 unspecified atom stereocenters. The molecule has 64 valence electrons. The summed E-state index contributed by atoms with van der Waals surface area (Å²) in [5.41, 5.74) is 7.08. The van der Waals surface area contributed by atoms with Crippen molar-refractivity contribution in [3.05, 3.63) is 0 Å². The predicted molar refractivity (Wildman–Crippen MR) is 47.2 cm³/mol. The quantitative estimate of drug-likeness (QED) is 0.567. The molecule has 3 atom stereocenters. The van der Waals surface area contributed by atoms with Gasteiger partial charge < -0.3 is 5.73 Å². The van der Waals surface area contributed by atoms with Crippen LogP contribution in [0.5, 0.6) is 0 Å². The van der Waals surface area contributed by atoms with Crippen LogP contribution in [0.2, 0.25) is 0 Å². The smallest absolute Gasteiger partial charge is 0.0101 e. The maximum atomic E-state index is 6.13. The molecule has 0 amide bonds. The summed E-state index contributed by atoms with van der Waals surface area (Å²) in [6.45, 7) is 7.18. The highest BCUT2D eigenvalue weighted by atomic mass is 14.8. The van der Waals surface area contributed by atoms with E-state index < -0.39 is 0 Å². The van der Waals surface area contributed by atoms with Gasteiger partial charge in [0.25, 0.3) is 0 Å². The maximum absolute atomic E-state index is 6.13. The van der Waals surface area contributed by atoms with Gasteiger partial charge in [-0.15, -0.1) is 0 Å². The second kappa shape index (κ2) is 1.82. The van der Waals surface area contributed by atoms with Gasteiger partial charge in [-0.1, -0.05) is 20.8 Å². The van der Waals surface area contributed by atoms with Crippen LogP contribution in [0, 0.1) is 16.7 Å². The van der Waals surface area contributed by atoms with Crippen LogP contribution in [0.4, 0.5) is 0 Å². The molecule has 0 aliphatic heterocycles. The van der Waals surface area contributed by atoms with E-state index in [1.54, 1.807) is 0 Å². The lowest BCUT2D eigenvalue weighted by atomic mass is 9.69. The SMILES string of the molecule is CC1(C)[C@@H]2CCC1(C)[C@@H](N)C2. The van der Waals surface area contributed by atoms with E-state index in [0.29, 0.717) is 16.9 Å². The van der Waals surface area contributed by atoms with E-state index in [0.717, 1.165) is 5.92 Å². The standard InChI is InChI=1S/C10H19N/c1-9(2)7-4-5-10(9,3)8(11)6-7/h7-8H,4-6,11H2,1-3H3/t7-,8+,10?/m1/s1.